The number of rotatable bonds is 1. The number of carbonyl (C=O) groups is 1. The van der Waals surface area contributed by atoms with E-state index < -0.39 is 0 Å². The summed E-state index contributed by atoms with van der Waals surface area (Å²) in [4.78, 5) is 15.4. The van der Waals surface area contributed by atoms with Crippen LogP contribution in [0.2, 0.25) is 0 Å². The molecule has 0 saturated carbocycles. The van der Waals surface area contributed by atoms with E-state index in [1.165, 1.54) is 0 Å². The maximum atomic E-state index is 11.4. The summed E-state index contributed by atoms with van der Waals surface area (Å²) in [5, 5.41) is 0. The second kappa shape index (κ2) is 3.54. The van der Waals surface area contributed by atoms with Crippen LogP contribution < -0.4 is 0 Å². The summed E-state index contributed by atoms with van der Waals surface area (Å²) in [7, 11) is 2.03. The first kappa shape index (κ1) is 8.81. The van der Waals surface area contributed by atoms with Gasteiger partial charge in [-0.25, -0.2) is 4.79 Å². The Hall–Kier alpha value is -0.770. The first-order valence-corrected chi connectivity index (χ1v) is 4.90. The van der Waals surface area contributed by atoms with Gasteiger partial charge >= 0.3 is 6.09 Å². The van der Waals surface area contributed by atoms with E-state index in [0.29, 0.717) is 0 Å². The van der Waals surface area contributed by atoms with Crippen LogP contribution in [0.5, 0.6) is 0 Å². The molecule has 4 heteroatoms. The second-order valence-electron chi connectivity index (χ2n) is 3.92. The van der Waals surface area contributed by atoms with E-state index in [2.05, 4.69) is 4.90 Å². The molecule has 2 saturated heterocycles. The van der Waals surface area contributed by atoms with Crippen LogP contribution in [0.4, 0.5) is 4.79 Å². The highest BCUT2D eigenvalue weighted by atomic mass is 16.6. The summed E-state index contributed by atoms with van der Waals surface area (Å²) in [6.45, 7) is 3.53. The van der Waals surface area contributed by atoms with Crippen molar-refractivity contribution in [2.24, 2.45) is 0 Å². The van der Waals surface area contributed by atoms with Crippen molar-refractivity contribution in [3.63, 3.8) is 0 Å². The molecule has 0 aromatic carbocycles. The van der Waals surface area contributed by atoms with Crippen molar-refractivity contribution in [1.82, 2.24) is 9.80 Å². The molecule has 0 aromatic rings. The molecule has 4 nitrogen and oxygen atoms in total. The van der Waals surface area contributed by atoms with Gasteiger partial charge in [0, 0.05) is 26.2 Å². The topological polar surface area (TPSA) is 32.8 Å². The molecular weight excluding hydrogens is 168 g/mol. The van der Waals surface area contributed by atoms with Gasteiger partial charge in [0.15, 0.2) is 0 Å². The van der Waals surface area contributed by atoms with E-state index in [1.54, 1.807) is 4.90 Å². The van der Waals surface area contributed by atoms with Crippen molar-refractivity contribution in [3.05, 3.63) is 0 Å². The van der Waals surface area contributed by atoms with Gasteiger partial charge in [-0.2, -0.15) is 0 Å². The number of nitrogens with zero attached hydrogens (tertiary/aromatic N) is 2. The number of likely N-dealkylation sites (N-methyl/N-ethyl adjacent to an activating group) is 1. The predicted octanol–water partition coefficient (Wildman–Crippen LogP) is 0.533. The molecule has 0 radical (unpaired) electrons. The number of carbonyl (C=O) groups excluding carboxylic acids is 1. The Labute approximate surface area is 78.4 Å². The van der Waals surface area contributed by atoms with E-state index >= 15 is 0 Å². The number of ether oxygens (including phenoxy) is 1. The van der Waals surface area contributed by atoms with Crippen LogP contribution in [0.1, 0.15) is 12.8 Å². The van der Waals surface area contributed by atoms with Crippen molar-refractivity contribution in [3.8, 4) is 0 Å². The fourth-order valence-corrected chi connectivity index (χ4v) is 1.83. The van der Waals surface area contributed by atoms with Gasteiger partial charge in [-0.15, -0.1) is 0 Å². The lowest BCUT2D eigenvalue weighted by Crippen LogP contribution is -2.51. The molecule has 0 aromatic heterocycles. The summed E-state index contributed by atoms with van der Waals surface area (Å²) in [6, 6.07) is 0. The normalized spacial score (nSPS) is 24.5. The fraction of sp³-hybridized carbons (Fsp3) is 0.889. The fourth-order valence-electron chi connectivity index (χ4n) is 1.83. The third kappa shape index (κ3) is 1.94. The number of amides is 1. The third-order valence-corrected chi connectivity index (χ3v) is 2.66. The minimum absolute atomic E-state index is 0.115. The summed E-state index contributed by atoms with van der Waals surface area (Å²) in [6.07, 6.45) is 2.27. The Kier molecular flexibility index (Phi) is 2.40. The molecule has 2 heterocycles. The van der Waals surface area contributed by atoms with Gasteiger partial charge in [-0.05, 0) is 19.9 Å². The third-order valence-electron chi connectivity index (χ3n) is 2.66. The number of hydrogen-bond donors (Lipinski definition) is 0. The molecule has 0 aliphatic carbocycles. The molecule has 0 bridgehead atoms. The predicted molar refractivity (Wildman–Crippen MR) is 48.6 cm³/mol. The summed E-state index contributed by atoms with van der Waals surface area (Å²) >= 11 is 0. The maximum Gasteiger partial charge on any atom is 0.410 e. The molecule has 74 valence electrons. The van der Waals surface area contributed by atoms with Crippen molar-refractivity contribution in [1.29, 1.82) is 0 Å². The zero-order chi connectivity index (χ0) is 9.26. The van der Waals surface area contributed by atoms with Crippen molar-refractivity contribution in [2.45, 2.75) is 18.9 Å². The highest BCUT2D eigenvalue weighted by Crippen LogP contribution is 2.13. The molecular formula is C9H16N2O2. The van der Waals surface area contributed by atoms with Crippen LogP contribution in [-0.2, 0) is 4.74 Å². The van der Waals surface area contributed by atoms with Crippen molar-refractivity contribution in [2.75, 3.05) is 33.2 Å². The zero-order valence-electron chi connectivity index (χ0n) is 8.03. The zero-order valence-corrected chi connectivity index (χ0v) is 8.03. The van der Waals surface area contributed by atoms with E-state index in [0.717, 1.165) is 39.0 Å². The highest BCUT2D eigenvalue weighted by Gasteiger charge is 2.29. The van der Waals surface area contributed by atoms with Gasteiger partial charge in [0.05, 0.1) is 0 Å². The van der Waals surface area contributed by atoms with E-state index in [4.69, 9.17) is 4.74 Å². The lowest BCUT2D eigenvalue weighted by atomic mass is 10.2. The van der Waals surface area contributed by atoms with E-state index in [9.17, 15) is 4.79 Å². The Bertz CT molecular complexity index is 196. The monoisotopic (exact) mass is 184 g/mol. The Morgan fingerprint density at radius 2 is 1.92 bits per heavy atom. The molecule has 1 amide bonds. The SMILES string of the molecule is CN1CC(OC(=O)N2CCCC2)C1. The van der Waals surface area contributed by atoms with Gasteiger partial charge in [0.1, 0.15) is 6.10 Å². The average molecular weight is 184 g/mol. The van der Waals surface area contributed by atoms with Crippen LogP contribution in [0.25, 0.3) is 0 Å². The molecule has 2 fully saturated rings. The van der Waals surface area contributed by atoms with Crippen LogP contribution in [-0.4, -0.2) is 55.2 Å². The van der Waals surface area contributed by atoms with Crippen LogP contribution >= 0.6 is 0 Å². The molecule has 2 aliphatic heterocycles. The van der Waals surface area contributed by atoms with Crippen LogP contribution in [0.15, 0.2) is 0 Å². The number of likely N-dealkylation sites (tertiary alicyclic amines) is 2. The Balaban J connectivity index is 1.72. The largest absolute Gasteiger partial charge is 0.443 e. The van der Waals surface area contributed by atoms with Crippen molar-refractivity contribution >= 4 is 6.09 Å². The molecule has 0 N–H and O–H groups in total. The second-order valence-corrected chi connectivity index (χ2v) is 3.92. The Morgan fingerprint density at radius 1 is 1.31 bits per heavy atom. The molecule has 13 heavy (non-hydrogen) atoms. The molecule has 0 spiro atoms. The molecule has 0 atom stereocenters. The minimum Gasteiger partial charge on any atom is -0.443 e. The van der Waals surface area contributed by atoms with Gasteiger partial charge in [0.2, 0.25) is 0 Å². The highest BCUT2D eigenvalue weighted by molar-refractivity contribution is 5.68. The number of hydrogen-bond acceptors (Lipinski definition) is 3. The van der Waals surface area contributed by atoms with Crippen molar-refractivity contribution < 1.29 is 9.53 Å². The standard InChI is InChI=1S/C9H16N2O2/c1-10-6-8(7-10)13-9(12)11-4-2-3-5-11/h8H,2-7H2,1H3. The quantitative estimate of drug-likeness (QED) is 0.596. The lowest BCUT2D eigenvalue weighted by molar-refractivity contribution is -0.0125. The lowest BCUT2D eigenvalue weighted by Gasteiger charge is -2.36. The van der Waals surface area contributed by atoms with Gasteiger partial charge in [-0.1, -0.05) is 0 Å². The maximum absolute atomic E-state index is 11.4. The smallest absolute Gasteiger partial charge is 0.410 e. The minimum atomic E-state index is -0.115. The van der Waals surface area contributed by atoms with Gasteiger partial charge in [-0.3, -0.25) is 4.90 Å². The summed E-state index contributed by atoms with van der Waals surface area (Å²) in [5.41, 5.74) is 0. The van der Waals surface area contributed by atoms with Gasteiger partial charge < -0.3 is 9.64 Å². The molecule has 2 rings (SSSR count). The molecule has 0 unspecified atom stereocenters. The molecule has 2 aliphatic rings. The van der Waals surface area contributed by atoms with Crippen LogP contribution in [0.3, 0.4) is 0 Å². The summed E-state index contributed by atoms with van der Waals surface area (Å²) in [5.74, 6) is 0. The first-order chi connectivity index (χ1) is 6.25. The average Bonchev–Trinajstić information content (AvgIpc) is 2.53. The van der Waals surface area contributed by atoms with E-state index in [-0.39, 0.29) is 12.2 Å². The van der Waals surface area contributed by atoms with Gasteiger partial charge in [0.25, 0.3) is 0 Å². The Morgan fingerprint density at radius 3 is 2.46 bits per heavy atom. The van der Waals surface area contributed by atoms with E-state index in [1.807, 2.05) is 7.05 Å². The first-order valence-electron chi connectivity index (χ1n) is 4.90. The van der Waals surface area contributed by atoms with Crippen LogP contribution in [0, 0.1) is 0 Å². The summed E-state index contributed by atoms with van der Waals surface area (Å²) < 4.78 is 5.29.